The topological polar surface area (TPSA) is 172 Å². The van der Waals surface area contributed by atoms with Crippen molar-refractivity contribution in [3.05, 3.63) is 59.4 Å². The van der Waals surface area contributed by atoms with Crippen LogP contribution < -0.4 is 11.1 Å². The second kappa shape index (κ2) is 16.7. The van der Waals surface area contributed by atoms with Gasteiger partial charge in [-0.1, -0.05) is 12.1 Å². The highest BCUT2D eigenvalue weighted by atomic mass is 16.5. The van der Waals surface area contributed by atoms with Gasteiger partial charge < -0.3 is 45.2 Å². The minimum Gasteiger partial charge on any atom is -0.481 e. The first-order chi connectivity index (χ1) is 21.4. The average molecular weight is 611 g/mol. The zero-order chi connectivity index (χ0) is 31.3. The van der Waals surface area contributed by atoms with Gasteiger partial charge in [-0.05, 0) is 55.3 Å². The molecule has 0 bridgehead atoms. The summed E-state index contributed by atoms with van der Waals surface area (Å²) in [5, 5.41) is 12.5. The number of nitrogens with two attached hydrogens (primary N) is 1. The summed E-state index contributed by atoms with van der Waals surface area (Å²) in [6, 6.07) is 11.9. The number of hydrogen-bond acceptors (Lipinski definition) is 9. The third-order valence-corrected chi connectivity index (χ3v) is 7.16. The van der Waals surface area contributed by atoms with E-state index in [1.54, 1.807) is 35.0 Å². The number of aliphatic carboxylic acids is 1. The minimum absolute atomic E-state index is 0.199. The smallest absolute Gasteiger partial charge is 0.305 e. The van der Waals surface area contributed by atoms with Crippen molar-refractivity contribution in [3.63, 3.8) is 0 Å². The van der Waals surface area contributed by atoms with E-state index in [0.29, 0.717) is 82.8 Å². The monoisotopic (exact) mass is 610 g/mol. The lowest BCUT2D eigenvalue weighted by Gasteiger charge is -2.24. The molecule has 4 rings (SSSR count). The maximum Gasteiger partial charge on any atom is 0.305 e. The molecule has 5 N–H and O–H groups in total. The van der Waals surface area contributed by atoms with E-state index in [9.17, 15) is 19.5 Å². The molecule has 2 amide bonds. The molecule has 13 heteroatoms. The molecule has 1 aliphatic heterocycles. The van der Waals surface area contributed by atoms with Gasteiger partial charge in [-0.2, -0.15) is 0 Å². The van der Waals surface area contributed by atoms with Crippen LogP contribution in [0.5, 0.6) is 0 Å². The molecule has 238 valence electrons. The van der Waals surface area contributed by atoms with Crippen LogP contribution in [0.4, 0.5) is 5.69 Å². The fourth-order valence-electron chi connectivity index (χ4n) is 4.94. The zero-order valence-electron chi connectivity index (χ0n) is 25.1. The number of rotatable bonds is 18. The van der Waals surface area contributed by atoms with Gasteiger partial charge >= 0.3 is 5.97 Å². The van der Waals surface area contributed by atoms with Crippen LogP contribution in [0.15, 0.2) is 42.5 Å². The lowest BCUT2D eigenvalue weighted by atomic mass is 10.1. The number of nitrogens with zero attached hydrogens (tertiary/aromatic N) is 3. The van der Waals surface area contributed by atoms with Gasteiger partial charge in [-0.15, -0.1) is 0 Å². The summed E-state index contributed by atoms with van der Waals surface area (Å²) in [7, 11) is 1.71. The van der Waals surface area contributed by atoms with Gasteiger partial charge in [0.05, 0.1) is 50.4 Å². The molecule has 0 spiro atoms. The molecule has 2 heterocycles. The average Bonchev–Trinajstić information content (AvgIpc) is 3.37. The number of fused-ring (bicyclic) bond motifs is 2. The van der Waals surface area contributed by atoms with Crippen molar-refractivity contribution < 1.29 is 33.7 Å². The van der Waals surface area contributed by atoms with Crippen LogP contribution in [0.3, 0.4) is 0 Å². The Morgan fingerprint density at radius 1 is 1.05 bits per heavy atom. The van der Waals surface area contributed by atoms with Gasteiger partial charge in [0.25, 0.3) is 5.91 Å². The number of carbonyl (C=O) groups excluding carboxylic acids is 2. The van der Waals surface area contributed by atoms with Crippen molar-refractivity contribution in [1.82, 2.24) is 19.8 Å². The summed E-state index contributed by atoms with van der Waals surface area (Å²) >= 11 is 0. The lowest BCUT2D eigenvalue weighted by molar-refractivity contribution is -0.141. The van der Waals surface area contributed by atoms with Crippen molar-refractivity contribution >= 4 is 34.5 Å². The highest BCUT2D eigenvalue weighted by Gasteiger charge is 2.31. The molecule has 44 heavy (non-hydrogen) atoms. The van der Waals surface area contributed by atoms with Crippen molar-refractivity contribution in [1.29, 1.82) is 0 Å². The van der Waals surface area contributed by atoms with E-state index in [4.69, 9.17) is 19.9 Å². The number of aromatic amines is 1. The van der Waals surface area contributed by atoms with Crippen molar-refractivity contribution in [3.8, 4) is 0 Å². The van der Waals surface area contributed by atoms with Gasteiger partial charge in [0.15, 0.2) is 0 Å². The van der Waals surface area contributed by atoms with Gasteiger partial charge in [-0.25, -0.2) is 4.98 Å². The molecule has 13 nitrogen and oxygen atoms in total. The van der Waals surface area contributed by atoms with Gasteiger partial charge in [0.1, 0.15) is 11.9 Å². The Balaban J connectivity index is 1.32. The quantitative estimate of drug-likeness (QED) is 0.157. The number of imidazole rings is 1. The summed E-state index contributed by atoms with van der Waals surface area (Å²) in [4.78, 5) is 49.2. The second-order valence-corrected chi connectivity index (χ2v) is 10.6. The molecule has 1 atom stereocenters. The molecule has 0 aliphatic carbocycles. The Labute approximate surface area is 256 Å². The summed E-state index contributed by atoms with van der Waals surface area (Å²) in [6.45, 7) is 4.37. The zero-order valence-corrected chi connectivity index (χ0v) is 25.1. The standard InChI is InChI=1S/C31H42N6O7/c1-36(21-28-34-25-6-2-3-7-26(25)35-28)30(40)22-8-9-24-23(18-22)20-37(31(41)27(33-24)19-29(38)39)11-5-13-43-15-17-44-16-14-42-12-4-10-32/h2-3,6-9,18,27,33H,4-5,10-17,19-21,32H2,1H3,(H,34,35)(H,38,39). The predicted molar refractivity (Wildman–Crippen MR) is 164 cm³/mol. The fraction of sp³-hybridized carbons (Fsp3) is 0.484. The number of amides is 2. The lowest BCUT2D eigenvalue weighted by Crippen LogP contribution is -2.42. The number of hydrogen-bond donors (Lipinski definition) is 4. The summed E-state index contributed by atoms with van der Waals surface area (Å²) in [5.41, 5.74) is 8.98. The van der Waals surface area contributed by atoms with E-state index < -0.39 is 12.0 Å². The van der Waals surface area contributed by atoms with Crippen LogP contribution in [0.2, 0.25) is 0 Å². The Hall–Kier alpha value is -4.04. The first-order valence-corrected chi connectivity index (χ1v) is 14.9. The molecule has 0 fully saturated rings. The molecule has 0 saturated heterocycles. The highest BCUT2D eigenvalue weighted by molar-refractivity contribution is 5.95. The van der Waals surface area contributed by atoms with Crippen molar-refractivity contribution in [2.45, 2.75) is 38.4 Å². The molecule has 1 aliphatic rings. The molecule has 1 unspecified atom stereocenters. The Morgan fingerprint density at radius 2 is 1.75 bits per heavy atom. The van der Waals surface area contributed by atoms with Gasteiger partial charge in [-0.3, -0.25) is 14.4 Å². The Bertz CT molecular complexity index is 1360. The van der Waals surface area contributed by atoms with Crippen molar-refractivity contribution in [2.75, 3.05) is 65.1 Å². The Morgan fingerprint density at radius 3 is 2.45 bits per heavy atom. The maximum absolute atomic E-state index is 13.4. The number of H-pyrrole nitrogens is 1. The molecular formula is C31H42N6O7. The summed E-state index contributed by atoms with van der Waals surface area (Å²) in [6.07, 6.45) is 1.02. The maximum atomic E-state index is 13.4. The van der Waals surface area contributed by atoms with Gasteiger partial charge in [0, 0.05) is 44.6 Å². The van der Waals surface area contributed by atoms with Crippen LogP contribution in [0, 0.1) is 0 Å². The molecule has 0 radical (unpaired) electrons. The molecule has 0 saturated carbocycles. The van der Waals surface area contributed by atoms with Gasteiger partial charge in [0.2, 0.25) is 5.91 Å². The minimum atomic E-state index is -1.08. The van der Waals surface area contributed by atoms with Crippen LogP contribution in [-0.2, 0) is 36.9 Å². The van der Waals surface area contributed by atoms with E-state index in [1.807, 2.05) is 24.3 Å². The SMILES string of the molecule is CN(Cc1nc2ccccc2[nH]1)C(=O)c1ccc2c(c1)CN(CCCOCCOCCOCCCN)C(=O)C(CC(=O)O)N2. The van der Waals surface area contributed by atoms with Crippen LogP contribution in [0.25, 0.3) is 11.0 Å². The number of anilines is 1. The number of benzene rings is 2. The third-order valence-electron chi connectivity index (χ3n) is 7.16. The summed E-state index contributed by atoms with van der Waals surface area (Å²) < 4.78 is 16.5. The first kappa shape index (κ1) is 32.9. The van der Waals surface area contributed by atoms with Crippen molar-refractivity contribution in [2.24, 2.45) is 5.73 Å². The number of aromatic nitrogens is 2. The third kappa shape index (κ3) is 9.48. The summed E-state index contributed by atoms with van der Waals surface area (Å²) in [5.74, 6) is -0.911. The number of carbonyl (C=O) groups is 3. The molecule has 3 aromatic rings. The van der Waals surface area contributed by atoms with Crippen LogP contribution >= 0.6 is 0 Å². The molecule has 1 aromatic heterocycles. The molecule has 2 aromatic carbocycles. The normalized spacial score (nSPS) is 14.7. The Kier molecular flexibility index (Phi) is 12.5. The number of carboxylic acid groups (broad SMARTS) is 1. The number of ether oxygens (including phenoxy) is 3. The van der Waals surface area contributed by atoms with Crippen LogP contribution in [0.1, 0.15) is 41.0 Å². The highest BCUT2D eigenvalue weighted by Crippen LogP contribution is 2.26. The van der Waals surface area contributed by atoms with E-state index >= 15 is 0 Å². The van der Waals surface area contributed by atoms with E-state index in [1.165, 1.54) is 0 Å². The van der Waals surface area contributed by atoms with E-state index in [0.717, 1.165) is 23.0 Å². The fourth-order valence-corrected chi connectivity index (χ4v) is 4.94. The first-order valence-electron chi connectivity index (χ1n) is 14.9. The second-order valence-electron chi connectivity index (χ2n) is 10.6. The van der Waals surface area contributed by atoms with E-state index in [-0.39, 0.29) is 24.8 Å². The van der Waals surface area contributed by atoms with Crippen LogP contribution in [-0.4, -0.2) is 108 Å². The number of nitrogens with one attached hydrogen (secondary N) is 2. The van der Waals surface area contributed by atoms with E-state index in [2.05, 4.69) is 15.3 Å². The number of carboxylic acids is 1. The predicted octanol–water partition coefficient (Wildman–Crippen LogP) is 2.22. The largest absolute Gasteiger partial charge is 0.481 e. The molecular weight excluding hydrogens is 568 g/mol. The number of para-hydroxylation sites is 2.